The van der Waals surface area contributed by atoms with Gasteiger partial charge in [-0.25, -0.2) is 8.78 Å². The van der Waals surface area contributed by atoms with E-state index in [-0.39, 0.29) is 0 Å². The Morgan fingerprint density at radius 3 is 2.37 bits per heavy atom. The number of nitrogens with two attached hydrogens (primary N) is 1. The van der Waals surface area contributed by atoms with E-state index in [0.29, 0.717) is 25.2 Å². The van der Waals surface area contributed by atoms with Crippen LogP contribution in [0.15, 0.2) is 48.8 Å². The zero-order valence-corrected chi connectivity index (χ0v) is 17.5. The van der Waals surface area contributed by atoms with E-state index in [0.717, 1.165) is 53.5 Å². The summed E-state index contributed by atoms with van der Waals surface area (Å²) >= 11 is 0. The predicted molar refractivity (Wildman–Crippen MR) is 116 cm³/mol. The number of halogens is 2. The molecule has 0 radical (unpaired) electrons. The number of nitrogens with zero attached hydrogens (tertiary/aromatic N) is 3. The Morgan fingerprint density at radius 2 is 1.67 bits per heavy atom. The van der Waals surface area contributed by atoms with Crippen LogP contribution in [-0.2, 0) is 13.1 Å². The molecule has 0 aliphatic carbocycles. The van der Waals surface area contributed by atoms with Crippen LogP contribution >= 0.6 is 0 Å². The largest absolute Gasteiger partial charge is 0.330 e. The van der Waals surface area contributed by atoms with E-state index in [1.807, 2.05) is 19.2 Å². The molecule has 0 unspecified atom stereocenters. The van der Waals surface area contributed by atoms with Crippen LogP contribution in [0.1, 0.15) is 35.4 Å². The Hall–Kier alpha value is -2.70. The van der Waals surface area contributed by atoms with E-state index in [9.17, 15) is 8.78 Å². The van der Waals surface area contributed by atoms with Crippen LogP contribution in [-0.4, -0.2) is 28.0 Å². The first-order valence-corrected chi connectivity index (χ1v) is 10.2. The fraction of sp³-hybridized carbons (Fsp3) is 0.333. The van der Waals surface area contributed by atoms with Crippen LogP contribution in [0.25, 0.3) is 11.1 Å². The van der Waals surface area contributed by atoms with Crippen molar-refractivity contribution < 1.29 is 8.78 Å². The maximum Gasteiger partial charge on any atom is 0.126 e. The van der Waals surface area contributed by atoms with Gasteiger partial charge in [0.25, 0.3) is 0 Å². The topological polar surface area (TPSA) is 55.0 Å². The monoisotopic (exact) mass is 410 g/mol. The second-order valence-corrected chi connectivity index (χ2v) is 7.64. The van der Waals surface area contributed by atoms with Crippen molar-refractivity contribution >= 4 is 0 Å². The van der Waals surface area contributed by atoms with Crippen LogP contribution < -0.4 is 5.73 Å². The predicted octanol–water partition coefficient (Wildman–Crippen LogP) is 4.78. The second-order valence-electron chi connectivity index (χ2n) is 7.64. The molecule has 2 heterocycles. The third kappa shape index (κ3) is 5.90. The van der Waals surface area contributed by atoms with E-state index in [1.165, 1.54) is 12.1 Å². The molecule has 0 bridgehead atoms. The van der Waals surface area contributed by atoms with Gasteiger partial charge in [-0.3, -0.25) is 14.9 Å². The van der Waals surface area contributed by atoms with Gasteiger partial charge in [-0.1, -0.05) is 12.1 Å². The molecule has 3 aromatic rings. The van der Waals surface area contributed by atoms with Gasteiger partial charge in [0.15, 0.2) is 0 Å². The van der Waals surface area contributed by atoms with Crippen molar-refractivity contribution in [1.29, 1.82) is 0 Å². The highest BCUT2D eigenvalue weighted by Gasteiger charge is 2.15. The molecule has 3 rings (SSSR count). The molecule has 0 aliphatic heterocycles. The molecule has 0 spiro atoms. The lowest BCUT2D eigenvalue weighted by Crippen LogP contribution is -2.26. The first-order valence-electron chi connectivity index (χ1n) is 10.2. The summed E-state index contributed by atoms with van der Waals surface area (Å²) in [6.45, 7) is 6.79. The minimum atomic E-state index is -0.598. The summed E-state index contributed by atoms with van der Waals surface area (Å²) in [7, 11) is 0. The summed E-state index contributed by atoms with van der Waals surface area (Å²) in [5.74, 6) is -1.20. The van der Waals surface area contributed by atoms with Crippen LogP contribution in [0.2, 0.25) is 0 Å². The maximum absolute atomic E-state index is 13.8. The van der Waals surface area contributed by atoms with Crippen LogP contribution in [0.4, 0.5) is 8.78 Å². The van der Waals surface area contributed by atoms with Gasteiger partial charge in [-0.05, 0) is 74.7 Å². The van der Waals surface area contributed by atoms with Gasteiger partial charge in [-0.15, -0.1) is 0 Å². The Kier molecular flexibility index (Phi) is 7.60. The summed E-state index contributed by atoms with van der Waals surface area (Å²) in [6.07, 6.45) is 5.48. The molecule has 2 aromatic heterocycles. The molecule has 0 fully saturated rings. The molecule has 6 heteroatoms. The second kappa shape index (κ2) is 10.4. The quantitative estimate of drug-likeness (QED) is 0.516. The smallest absolute Gasteiger partial charge is 0.126 e. The van der Waals surface area contributed by atoms with Crippen molar-refractivity contribution in [3.63, 3.8) is 0 Å². The number of aryl methyl sites for hydroxylation is 2. The minimum absolute atomic E-state index is 0.488. The summed E-state index contributed by atoms with van der Waals surface area (Å²) < 4.78 is 27.6. The lowest BCUT2D eigenvalue weighted by Gasteiger charge is -2.23. The van der Waals surface area contributed by atoms with Crippen molar-refractivity contribution in [2.75, 3.05) is 13.1 Å². The number of benzene rings is 1. The molecule has 1 aromatic carbocycles. The number of hydrogen-bond donors (Lipinski definition) is 1. The number of pyridine rings is 2. The average Bonchev–Trinajstić information content (AvgIpc) is 2.70. The molecule has 0 atom stereocenters. The zero-order chi connectivity index (χ0) is 21.5. The minimum Gasteiger partial charge on any atom is -0.330 e. The summed E-state index contributed by atoms with van der Waals surface area (Å²) in [5, 5.41) is 0. The number of aromatic nitrogens is 2. The SMILES string of the molecule is Cc1cnc(CN(CCCCN)Cc2ncccc2-c2cc(F)cc(F)c2)c(C)c1. The molecule has 4 nitrogen and oxygen atoms in total. The van der Waals surface area contributed by atoms with Crippen molar-refractivity contribution in [1.82, 2.24) is 14.9 Å². The van der Waals surface area contributed by atoms with Gasteiger partial charge < -0.3 is 5.73 Å². The van der Waals surface area contributed by atoms with Crippen LogP contribution in [0.5, 0.6) is 0 Å². The zero-order valence-electron chi connectivity index (χ0n) is 17.5. The van der Waals surface area contributed by atoms with Gasteiger partial charge in [0.2, 0.25) is 0 Å². The Labute approximate surface area is 176 Å². The van der Waals surface area contributed by atoms with Gasteiger partial charge in [0.05, 0.1) is 11.4 Å². The van der Waals surface area contributed by atoms with Gasteiger partial charge in [0, 0.05) is 37.1 Å². The van der Waals surface area contributed by atoms with E-state index >= 15 is 0 Å². The molecule has 158 valence electrons. The Bertz CT molecular complexity index is 970. The summed E-state index contributed by atoms with van der Waals surface area (Å²) in [5.41, 5.74) is 11.0. The lowest BCUT2D eigenvalue weighted by atomic mass is 10.0. The summed E-state index contributed by atoms with van der Waals surface area (Å²) in [6, 6.07) is 9.32. The third-order valence-corrected chi connectivity index (χ3v) is 5.06. The highest BCUT2D eigenvalue weighted by Crippen LogP contribution is 2.26. The van der Waals surface area contributed by atoms with E-state index < -0.39 is 11.6 Å². The van der Waals surface area contributed by atoms with Gasteiger partial charge in [0.1, 0.15) is 11.6 Å². The molecular formula is C24H28F2N4. The standard InChI is InChI=1S/C24H28F2N4/c1-17-10-18(2)23(29-14-17)15-30(9-4-3-7-27)16-24-22(6-5-8-28-24)19-11-20(25)13-21(26)12-19/h5-6,8,10-14H,3-4,7,9,15-16,27H2,1-2H3. The molecule has 2 N–H and O–H groups in total. The number of rotatable bonds is 9. The maximum atomic E-state index is 13.8. The highest BCUT2D eigenvalue weighted by molar-refractivity contribution is 5.65. The van der Waals surface area contributed by atoms with E-state index in [4.69, 9.17) is 5.73 Å². The van der Waals surface area contributed by atoms with Crippen molar-refractivity contribution in [3.8, 4) is 11.1 Å². The van der Waals surface area contributed by atoms with Gasteiger partial charge in [-0.2, -0.15) is 0 Å². The fourth-order valence-electron chi connectivity index (χ4n) is 3.56. The van der Waals surface area contributed by atoms with Crippen LogP contribution in [0.3, 0.4) is 0 Å². The number of unbranched alkanes of at least 4 members (excludes halogenated alkanes) is 1. The van der Waals surface area contributed by atoms with Crippen molar-refractivity contribution in [2.45, 2.75) is 39.8 Å². The van der Waals surface area contributed by atoms with Crippen molar-refractivity contribution in [2.24, 2.45) is 5.73 Å². The first-order chi connectivity index (χ1) is 14.5. The third-order valence-electron chi connectivity index (χ3n) is 5.06. The molecular weight excluding hydrogens is 382 g/mol. The molecule has 0 aliphatic rings. The van der Waals surface area contributed by atoms with E-state index in [2.05, 4.69) is 27.9 Å². The van der Waals surface area contributed by atoms with Gasteiger partial charge >= 0.3 is 0 Å². The molecule has 0 saturated carbocycles. The average molecular weight is 411 g/mol. The van der Waals surface area contributed by atoms with Crippen LogP contribution in [0, 0.1) is 25.5 Å². The number of hydrogen-bond acceptors (Lipinski definition) is 4. The van der Waals surface area contributed by atoms with E-state index in [1.54, 1.807) is 12.3 Å². The molecule has 0 amide bonds. The molecule has 30 heavy (non-hydrogen) atoms. The summed E-state index contributed by atoms with van der Waals surface area (Å²) in [4.78, 5) is 11.4. The van der Waals surface area contributed by atoms with Crippen molar-refractivity contribution in [3.05, 3.63) is 82.9 Å². The normalized spacial score (nSPS) is 11.3. The Morgan fingerprint density at radius 1 is 0.933 bits per heavy atom. The highest BCUT2D eigenvalue weighted by atomic mass is 19.1. The fourth-order valence-corrected chi connectivity index (χ4v) is 3.56. The first kappa shape index (κ1) is 22.0. The molecule has 0 saturated heterocycles. The lowest BCUT2D eigenvalue weighted by molar-refractivity contribution is 0.246. The Balaban J connectivity index is 1.88.